The van der Waals surface area contributed by atoms with Crippen molar-refractivity contribution in [2.24, 2.45) is 0 Å². The van der Waals surface area contributed by atoms with Crippen LogP contribution in [0.15, 0.2) is 28.8 Å². The summed E-state index contributed by atoms with van der Waals surface area (Å²) >= 11 is 7.99. The number of amides is 1. The third kappa shape index (κ3) is 3.05. The Morgan fingerprint density at radius 2 is 2.14 bits per heavy atom. The highest BCUT2D eigenvalue weighted by Crippen LogP contribution is 2.37. The summed E-state index contributed by atoms with van der Waals surface area (Å²) in [5, 5.41) is 4.86. The highest BCUT2D eigenvalue weighted by molar-refractivity contribution is 7.15. The topological polar surface area (TPSA) is 59.2 Å². The molecule has 7 heteroatoms. The number of nitrogens with zero attached hydrogens (tertiary/aromatic N) is 3. The fourth-order valence-electron chi connectivity index (χ4n) is 4.10. The second kappa shape index (κ2) is 7.01. The van der Waals surface area contributed by atoms with Crippen molar-refractivity contribution in [1.29, 1.82) is 0 Å². The minimum atomic E-state index is -0.0713. The summed E-state index contributed by atoms with van der Waals surface area (Å²) < 4.78 is 5.56. The molecule has 1 atom stereocenters. The number of benzene rings is 1. The second-order valence-electron chi connectivity index (χ2n) is 7.51. The fraction of sp³-hybridized carbons (Fsp3) is 0.381. The molecule has 2 aliphatic rings. The summed E-state index contributed by atoms with van der Waals surface area (Å²) in [6.45, 7) is 2.48. The number of hydrogen-bond donors (Lipinski definition) is 0. The van der Waals surface area contributed by atoms with Gasteiger partial charge in [0.15, 0.2) is 5.82 Å². The first-order valence-corrected chi connectivity index (χ1v) is 10.8. The molecule has 1 unspecified atom stereocenters. The number of carbonyl (C=O) groups excluding carboxylic acids is 1. The first-order chi connectivity index (χ1) is 13.6. The number of aryl methyl sites for hydroxylation is 2. The SMILES string of the molecule is Cc1c(Cl)cccc1N1CC(c2noc(-c3cc4c(s3)CCCC4)n2)CC1=O. The van der Waals surface area contributed by atoms with Gasteiger partial charge in [-0.2, -0.15) is 4.98 Å². The molecular formula is C21H20ClN3O2S. The maximum absolute atomic E-state index is 12.6. The first kappa shape index (κ1) is 17.9. The van der Waals surface area contributed by atoms with Crippen molar-refractivity contribution in [3.05, 3.63) is 51.1 Å². The Bertz CT molecular complexity index is 1030. The molecule has 144 valence electrons. The van der Waals surface area contributed by atoms with Gasteiger partial charge in [-0.15, -0.1) is 11.3 Å². The molecule has 1 aliphatic heterocycles. The molecule has 1 saturated heterocycles. The molecule has 1 aromatic carbocycles. The van der Waals surface area contributed by atoms with Gasteiger partial charge in [-0.25, -0.2) is 0 Å². The van der Waals surface area contributed by atoms with Crippen LogP contribution in [-0.2, 0) is 17.6 Å². The molecule has 0 bridgehead atoms. The lowest BCUT2D eigenvalue weighted by Crippen LogP contribution is -2.25. The van der Waals surface area contributed by atoms with Crippen LogP contribution in [0.25, 0.3) is 10.8 Å². The Morgan fingerprint density at radius 1 is 1.29 bits per heavy atom. The van der Waals surface area contributed by atoms with E-state index < -0.39 is 0 Å². The van der Waals surface area contributed by atoms with Crippen molar-refractivity contribution in [2.45, 2.75) is 44.9 Å². The minimum absolute atomic E-state index is 0.0632. The summed E-state index contributed by atoms with van der Waals surface area (Å²) in [6, 6.07) is 7.83. The van der Waals surface area contributed by atoms with Crippen molar-refractivity contribution in [2.75, 3.05) is 11.4 Å². The summed E-state index contributed by atoms with van der Waals surface area (Å²) in [6.07, 6.45) is 5.17. The largest absolute Gasteiger partial charge is 0.333 e. The van der Waals surface area contributed by atoms with Crippen molar-refractivity contribution in [1.82, 2.24) is 10.1 Å². The van der Waals surface area contributed by atoms with Crippen LogP contribution in [0, 0.1) is 6.92 Å². The predicted octanol–water partition coefficient (Wildman–Crippen LogP) is 5.16. The molecule has 0 N–H and O–H groups in total. The van der Waals surface area contributed by atoms with Gasteiger partial charge in [0.25, 0.3) is 5.89 Å². The third-order valence-corrected chi connectivity index (χ3v) is 7.30. The van der Waals surface area contributed by atoms with Gasteiger partial charge in [-0.05, 0) is 61.9 Å². The van der Waals surface area contributed by atoms with Crippen molar-refractivity contribution >= 4 is 34.5 Å². The molecule has 1 amide bonds. The molecule has 0 spiro atoms. The number of thiophene rings is 1. The van der Waals surface area contributed by atoms with E-state index in [-0.39, 0.29) is 11.8 Å². The standard InChI is InChI=1S/C21H20ClN3O2S/c1-12-15(22)6-4-7-16(12)25-11-14(10-19(25)26)20-23-21(27-24-20)18-9-13-5-2-3-8-17(13)28-18/h4,6-7,9,14H,2-3,5,8,10-11H2,1H3. The van der Waals surface area contributed by atoms with Gasteiger partial charge in [-0.1, -0.05) is 22.8 Å². The monoisotopic (exact) mass is 413 g/mol. The lowest BCUT2D eigenvalue weighted by atomic mass is 9.99. The second-order valence-corrected chi connectivity index (χ2v) is 9.06. The molecule has 0 radical (unpaired) electrons. The van der Waals surface area contributed by atoms with E-state index in [0.717, 1.165) is 29.0 Å². The number of anilines is 1. The van der Waals surface area contributed by atoms with E-state index in [2.05, 4.69) is 16.2 Å². The van der Waals surface area contributed by atoms with E-state index in [4.69, 9.17) is 16.1 Å². The summed E-state index contributed by atoms with van der Waals surface area (Å²) in [5.41, 5.74) is 3.19. The van der Waals surface area contributed by atoms with Crippen molar-refractivity contribution < 1.29 is 9.32 Å². The van der Waals surface area contributed by atoms with Gasteiger partial charge in [0.1, 0.15) is 0 Å². The first-order valence-electron chi connectivity index (χ1n) is 9.61. The van der Waals surface area contributed by atoms with Crippen LogP contribution in [0.4, 0.5) is 5.69 Å². The fourth-order valence-corrected chi connectivity index (χ4v) is 5.44. The van der Waals surface area contributed by atoms with Crippen LogP contribution in [0.1, 0.15) is 47.0 Å². The van der Waals surface area contributed by atoms with E-state index in [1.165, 1.54) is 23.3 Å². The molecule has 1 fully saturated rings. The lowest BCUT2D eigenvalue weighted by molar-refractivity contribution is -0.117. The summed E-state index contributed by atoms with van der Waals surface area (Å²) in [5.74, 6) is 1.17. The number of halogens is 1. The Labute approximate surface area is 172 Å². The molecule has 3 heterocycles. The zero-order valence-electron chi connectivity index (χ0n) is 15.6. The van der Waals surface area contributed by atoms with Gasteiger partial charge in [0.05, 0.1) is 4.88 Å². The van der Waals surface area contributed by atoms with Crippen molar-refractivity contribution in [3.8, 4) is 10.8 Å². The van der Waals surface area contributed by atoms with Crippen LogP contribution >= 0.6 is 22.9 Å². The van der Waals surface area contributed by atoms with Gasteiger partial charge in [0, 0.05) is 34.5 Å². The summed E-state index contributed by atoms with van der Waals surface area (Å²) in [7, 11) is 0. The van der Waals surface area contributed by atoms with E-state index in [1.807, 2.05) is 25.1 Å². The smallest absolute Gasteiger partial charge is 0.268 e. The zero-order chi connectivity index (χ0) is 19.3. The predicted molar refractivity (Wildman–Crippen MR) is 110 cm³/mol. The van der Waals surface area contributed by atoms with Gasteiger partial charge < -0.3 is 9.42 Å². The van der Waals surface area contributed by atoms with Crippen molar-refractivity contribution in [3.63, 3.8) is 0 Å². The van der Waals surface area contributed by atoms with Gasteiger partial charge >= 0.3 is 0 Å². The van der Waals surface area contributed by atoms with Gasteiger partial charge in [-0.3, -0.25) is 4.79 Å². The zero-order valence-corrected chi connectivity index (χ0v) is 17.1. The quantitative estimate of drug-likeness (QED) is 0.595. The number of aromatic nitrogens is 2. The number of fused-ring (bicyclic) bond motifs is 1. The Balaban J connectivity index is 1.38. The normalized spacial score (nSPS) is 19.3. The van der Waals surface area contributed by atoms with E-state index in [0.29, 0.717) is 29.7 Å². The van der Waals surface area contributed by atoms with E-state index in [9.17, 15) is 4.79 Å². The summed E-state index contributed by atoms with van der Waals surface area (Å²) in [4.78, 5) is 21.5. The highest BCUT2D eigenvalue weighted by atomic mass is 35.5. The van der Waals surface area contributed by atoms with Crippen LogP contribution in [-0.4, -0.2) is 22.6 Å². The molecule has 1 aliphatic carbocycles. The molecule has 5 rings (SSSR count). The van der Waals surface area contributed by atoms with E-state index >= 15 is 0 Å². The maximum atomic E-state index is 12.6. The Hall–Kier alpha value is -2.18. The average molecular weight is 414 g/mol. The maximum Gasteiger partial charge on any atom is 0.268 e. The molecule has 2 aromatic heterocycles. The average Bonchev–Trinajstić information content (AvgIpc) is 3.41. The van der Waals surface area contributed by atoms with E-state index in [1.54, 1.807) is 16.2 Å². The van der Waals surface area contributed by atoms with Gasteiger partial charge in [0.2, 0.25) is 5.91 Å². The van der Waals surface area contributed by atoms with Crippen LogP contribution in [0.5, 0.6) is 0 Å². The third-order valence-electron chi connectivity index (χ3n) is 5.67. The molecule has 5 nitrogen and oxygen atoms in total. The Kier molecular flexibility index (Phi) is 4.48. The van der Waals surface area contributed by atoms with Crippen LogP contribution < -0.4 is 4.90 Å². The Morgan fingerprint density at radius 3 is 3.00 bits per heavy atom. The van der Waals surface area contributed by atoms with Crippen LogP contribution in [0.3, 0.4) is 0 Å². The molecular weight excluding hydrogens is 394 g/mol. The minimum Gasteiger partial charge on any atom is -0.333 e. The molecule has 28 heavy (non-hydrogen) atoms. The lowest BCUT2D eigenvalue weighted by Gasteiger charge is -2.19. The number of carbonyl (C=O) groups is 1. The highest BCUT2D eigenvalue weighted by Gasteiger charge is 2.35. The molecule has 0 saturated carbocycles. The van der Waals surface area contributed by atoms with Crippen LogP contribution in [0.2, 0.25) is 5.02 Å². The number of rotatable bonds is 3. The molecule has 3 aromatic rings. The number of hydrogen-bond acceptors (Lipinski definition) is 5.